The highest BCUT2D eigenvalue weighted by molar-refractivity contribution is 5.77. The Morgan fingerprint density at radius 3 is 2.42 bits per heavy atom. The van der Waals surface area contributed by atoms with Crippen molar-refractivity contribution in [1.29, 1.82) is 0 Å². The number of amides is 1. The van der Waals surface area contributed by atoms with Crippen LogP contribution in [0.2, 0.25) is 0 Å². The molecule has 0 saturated heterocycles. The molecule has 1 unspecified atom stereocenters. The van der Waals surface area contributed by atoms with Crippen LogP contribution in [0.25, 0.3) is 0 Å². The molecule has 0 spiro atoms. The third-order valence-electron chi connectivity index (χ3n) is 3.85. The number of rotatable bonds is 10. The van der Waals surface area contributed by atoms with Crippen LogP contribution in [-0.4, -0.2) is 30.1 Å². The van der Waals surface area contributed by atoms with E-state index < -0.39 is 11.9 Å². The molecule has 2 aromatic rings. The normalized spacial score (nSPS) is 11.6. The fourth-order valence-corrected chi connectivity index (χ4v) is 2.42. The Hall–Kier alpha value is -2.89. The van der Waals surface area contributed by atoms with Gasteiger partial charge in [-0.05, 0) is 42.7 Å². The summed E-state index contributed by atoms with van der Waals surface area (Å²) in [5.41, 5.74) is 0.918. The average molecular weight is 359 g/mol. The van der Waals surface area contributed by atoms with Crippen LogP contribution in [-0.2, 0) is 16.0 Å². The van der Waals surface area contributed by atoms with Gasteiger partial charge in [0.25, 0.3) is 0 Å². The van der Waals surface area contributed by atoms with E-state index in [1.165, 1.54) is 24.3 Å². The zero-order valence-electron chi connectivity index (χ0n) is 14.4. The van der Waals surface area contributed by atoms with Gasteiger partial charge >= 0.3 is 5.97 Å². The Labute approximate surface area is 151 Å². The minimum absolute atomic E-state index is 0.0852. The van der Waals surface area contributed by atoms with Gasteiger partial charge in [-0.3, -0.25) is 9.59 Å². The largest absolute Gasteiger partial charge is 0.494 e. The van der Waals surface area contributed by atoms with Crippen molar-refractivity contribution in [3.63, 3.8) is 0 Å². The molecule has 0 aliphatic rings. The first-order valence-corrected chi connectivity index (χ1v) is 8.46. The van der Waals surface area contributed by atoms with Crippen LogP contribution in [0.4, 0.5) is 4.39 Å². The summed E-state index contributed by atoms with van der Waals surface area (Å²) in [7, 11) is 0. The Morgan fingerprint density at radius 1 is 1.08 bits per heavy atom. The highest BCUT2D eigenvalue weighted by Gasteiger charge is 2.18. The maximum Gasteiger partial charge on any atom is 0.308 e. The molecule has 2 N–H and O–H groups in total. The summed E-state index contributed by atoms with van der Waals surface area (Å²) in [4.78, 5) is 23.2. The van der Waals surface area contributed by atoms with Gasteiger partial charge in [0.1, 0.15) is 11.6 Å². The lowest BCUT2D eigenvalue weighted by molar-refractivity contribution is -0.141. The number of carboxylic acids is 1. The lowest BCUT2D eigenvalue weighted by Gasteiger charge is -2.13. The first-order chi connectivity index (χ1) is 12.5. The summed E-state index contributed by atoms with van der Waals surface area (Å²) in [6, 6.07) is 15.0. The molecular weight excluding hydrogens is 337 g/mol. The summed E-state index contributed by atoms with van der Waals surface area (Å²) < 4.78 is 18.2. The van der Waals surface area contributed by atoms with Crippen molar-refractivity contribution in [3.05, 3.63) is 66.0 Å². The van der Waals surface area contributed by atoms with Crippen LogP contribution in [0.3, 0.4) is 0 Å². The van der Waals surface area contributed by atoms with Gasteiger partial charge in [-0.15, -0.1) is 0 Å². The number of carbonyl (C=O) groups is 2. The van der Waals surface area contributed by atoms with Gasteiger partial charge in [0, 0.05) is 13.0 Å². The number of carbonyl (C=O) groups excluding carboxylic acids is 1. The van der Waals surface area contributed by atoms with E-state index in [1.54, 1.807) is 0 Å². The zero-order valence-corrected chi connectivity index (χ0v) is 14.4. The van der Waals surface area contributed by atoms with Crippen molar-refractivity contribution >= 4 is 11.9 Å². The van der Waals surface area contributed by atoms with Gasteiger partial charge < -0.3 is 15.2 Å². The third-order valence-corrected chi connectivity index (χ3v) is 3.85. The molecular formula is C20H22FNO4. The molecule has 1 amide bonds. The molecule has 26 heavy (non-hydrogen) atoms. The number of hydrogen-bond donors (Lipinski definition) is 2. The van der Waals surface area contributed by atoms with E-state index >= 15 is 0 Å². The van der Waals surface area contributed by atoms with Crippen LogP contribution in [0.5, 0.6) is 5.75 Å². The number of carboxylic acid groups (broad SMARTS) is 1. The van der Waals surface area contributed by atoms with Crippen LogP contribution < -0.4 is 10.1 Å². The smallest absolute Gasteiger partial charge is 0.308 e. The maximum absolute atomic E-state index is 12.8. The highest BCUT2D eigenvalue weighted by atomic mass is 19.1. The molecule has 0 aliphatic carbocycles. The molecule has 0 aromatic heterocycles. The predicted octanol–water partition coefficient (Wildman–Crippen LogP) is 3.04. The molecule has 1 atom stereocenters. The zero-order chi connectivity index (χ0) is 18.8. The van der Waals surface area contributed by atoms with Crippen LogP contribution >= 0.6 is 0 Å². The number of aliphatic carboxylic acids is 1. The van der Waals surface area contributed by atoms with Gasteiger partial charge in [-0.25, -0.2) is 4.39 Å². The molecule has 0 aliphatic heterocycles. The second-order valence-electron chi connectivity index (χ2n) is 5.93. The summed E-state index contributed by atoms with van der Waals surface area (Å²) in [6.07, 6.45) is 1.09. The fraction of sp³-hybridized carbons (Fsp3) is 0.300. The van der Waals surface area contributed by atoms with E-state index in [4.69, 9.17) is 4.74 Å². The molecule has 0 heterocycles. The first-order valence-electron chi connectivity index (χ1n) is 8.46. The quantitative estimate of drug-likeness (QED) is 0.640. The summed E-state index contributed by atoms with van der Waals surface area (Å²) in [5, 5.41) is 12.0. The minimum atomic E-state index is -0.936. The number of hydrogen-bond acceptors (Lipinski definition) is 3. The second-order valence-corrected chi connectivity index (χ2v) is 5.93. The van der Waals surface area contributed by atoms with Gasteiger partial charge in [0.15, 0.2) is 0 Å². The Balaban J connectivity index is 1.67. The minimum Gasteiger partial charge on any atom is -0.494 e. The standard InChI is InChI=1S/C20H22FNO4/c21-17-8-10-18(11-9-17)26-12-4-7-19(23)22-14-16(20(24)25)13-15-5-2-1-3-6-15/h1-3,5-6,8-11,16H,4,7,12-14H2,(H,22,23)(H,24,25). The third kappa shape index (κ3) is 6.93. The monoisotopic (exact) mass is 359 g/mol. The predicted molar refractivity (Wildman–Crippen MR) is 95.4 cm³/mol. The molecule has 6 heteroatoms. The van der Waals surface area contributed by atoms with E-state index in [2.05, 4.69) is 5.32 Å². The average Bonchev–Trinajstić information content (AvgIpc) is 2.64. The second kappa shape index (κ2) is 10.2. The van der Waals surface area contributed by atoms with Gasteiger partial charge in [-0.2, -0.15) is 0 Å². The van der Waals surface area contributed by atoms with Crippen molar-refractivity contribution in [2.45, 2.75) is 19.3 Å². The lowest BCUT2D eigenvalue weighted by Crippen LogP contribution is -2.34. The molecule has 0 fully saturated rings. The van der Waals surface area contributed by atoms with Crippen molar-refractivity contribution in [2.24, 2.45) is 5.92 Å². The van der Waals surface area contributed by atoms with Crippen LogP contribution in [0.1, 0.15) is 18.4 Å². The van der Waals surface area contributed by atoms with Gasteiger partial charge in [-0.1, -0.05) is 30.3 Å². The highest BCUT2D eigenvalue weighted by Crippen LogP contribution is 2.12. The van der Waals surface area contributed by atoms with Crippen molar-refractivity contribution in [3.8, 4) is 5.75 Å². The van der Waals surface area contributed by atoms with E-state index in [-0.39, 0.29) is 24.7 Å². The van der Waals surface area contributed by atoms with E-state index in [0.717, 1.165) is 5.56 Å². The van der Waals surface area contributed by atoms with Crippen molar-refractivity contribution in [1.82, 2.24) is 5.32 Å². The molecule has 138 valence electrons. The molecule has 0 saturated carbocycles. The lowest BCUT2D eigenvalue weighted by atomic mass is 9.99. The maximum atomic E-state index is 12.8. The van der Waals surface area contributed by atoms with E-state index in [9.17, 15) is 19.1 Å². The number of ether oxygens (including phenoxy) is 1. The number of halogens is 1. The topological polar surface area (TPSA) is 75.6 Å². The molecule has 2 rings (SSSR count). The SMILES string of the molecule is O=C(CCCOc1ccc(F)cc1)NCC(Cc1ccccc1)C(=O)O. The first kappa shape index (κ1) is 19.4. The van der Waals surface area contributed by atoms with Gasteiger partial charge in [0.05, 0.1) is 12.5 Å². The number of nitrogens with one attached hydrogen (secondary N) is 1. The van der Waals surface area contributed by atoms with Crippen molar-refractivity contribution < 1.29 is 23.8 Å². The molecule has 0 radical (unpaired) electrons. The van der Waals surface area contributed by atoms with E-state index in [0.29, 0.717) is 25.2 Å². The summed E-state index contributed by atoms with van der Waals surface area (Å²) in [5.74, 6) is -1.61. The fourth-order valence-electron chi connectivity index (χ4n) is 2.42. The Morgan fingerprint density at radius 2 is 1.77 bits per heavy atom. The van der Waals surface area contributed by atoms with E-state index in [1.807, 2.05) is 30.3 Å². The molecule has 0 bridgehead atoms. The Kier molecular flexibility index (Phi) is 7.61. The Bertz CT molecular complexity index is 704. The molecule has 2 aromatic carbocycles. The van der Waals surface area contributed by atoms with Crippen LogP contribution in [0.15, 0.2) is 54.6 Å². The molecule has 5 nitrogen and oxygen atoms in total. The van der Waals surface area contributed by atoms with Crippen LogP contribution in [0, 0.1) is 11.7 Å². The summed E-state index contributed by atoms with van der Waals surface area (Å²) in [6.45, 7) is 0.410. The van der Waals surface area contributed by atoms with Crippen molar-refractivity contribution in [2.75, 3.05) is 13.2 Å². The summed E-state index contributed by atoms with van der Waals surface area (Å²) >= 11 is 0. The van der Waals surface area contributed by atoms with Gasteiger partial charge in [0.2, 0.25) is 5.91 Å². The number of benzene rings is 2.